The Morgan fingerprint density at radius 3 is 2.62 bits per heavy atom. The van der Waals surface area contributed by atoms with E-state index in [-0.39, 0.29) is 36.1 Å². The largest absolute Gasteiger partial charge is 0.346 e. The highest BCUT2D eigenvalue weighted by Gasteiger charge is 2.24. The Hall–Kier alpha value is -2.74. The third-order valence-corrected chi connectivity index (χ3v) is 5.69. The zero-order chi connectivity index (χ0) is 21.0. The predicted octanol–water partition coefficient (Wildman–Crippen LogP) is 4.06. The minimum Gasteiger partial charge on any atom is -0.346 e. The van der Waals surface area contributed by atoms with Gasteiger partial charge in [0.2, 0.25) is 11.8 Å². The first-order valence-electron chi connectivity index (χ1n) is 9.86. The molecule has 1 aromatic carbocycles. The van der Waals surface area contributed by atoms with Gasteiger partial charge in [-0.15, -0.1) is 11.3 Å². The summed E-state index contributed by atoms with van der Waals surface area (Å²) in [7, 11) is 0. The van der Waals surface area contributed by atoms with E-state index < -0.39 is 0 Å². The monoisotopic (exact) mass is 413 g/mol. The van der Waals surface area contributed by atoms with Gasteiger partial charge in [0.15, 0.2) is 5.13 Å². The van der Waals surface area contributed by atoms with E-state index in [1.165, 1.54) is 11.3 Å². The van der Waals surface area contributed by atoms with E-state index in [0.29, 0.717) is 10.8 Å². The molecule has 0 aliphatic rings. The summed E-state index contributed by atoms with van der Waals surface area (Å²) in [5, 5.41) is 8.19. The van der Waals surface area contributed by atoms with Crippen molar-refractivity contribution in [2.24, 2.45) is 11.8 Å². The molecule has 2 aromatic heterocycles. The van der Waals surface area contributed by atoms with Crippen LogP contribution >= 0.6 is 11.3 Å². The van der Waals surface area contributed by atoms with E-state index in [1.807, 2.05) is 38.1 Å². The molecule has 2 atom stereocenters. The Balaban J connectivity index is 1.69. The molecule has 0 fully saturated rings. The molecule has 0 aliphatic carbocycles. The molecule has 3 aromatic rings. The fourth-order valence-corrected chi connectivity index (χ4v) is 3.63. The maximum atomic E-state index is 12.7. The van der Waals surface area contributed by atoms with Crippen LogP contribution in [0.25, 0.3) is 11.0 Å². The van der Waals surface area contributed by atoms with Gasteiger partial charge in [0, 0.05) is 11.3 Å². The second kappa shape index (κ2) is 9.17. The van der Waals surface area contributed by atoms with Crippen LogP contribution in [0.15, 0.2) is 29.6 Å². The van der Waals surface area contributed by atoms with Gasteiger partial charge in [-0.05, 0) is 18.1 Å². The topological polar surface area (TPSA) is 99.8 Å². The number of imidazole rings is 1. The molecule has 154 valence electrons. The van der Waals surface area contributed by atoms with Gasteiger partial charge in [0.05, 0.1) is 29.2 Å². The number of amides is 2. The van der Waals surface area contributed by atoms with Crippen LogP contribution in [0.4, 0.5) is 5.13 Å². The van der Waals surface area contributed by atoms with Crippen molar-refractivity contribution in [1.82, 2.24) is 20.3 Å². The maximum Gasteiger partial charge on any atom is 0.228 e. The van der Waals surface area contributed by atoms with Crippen LogP contribution in [0.2, 0.25) is 0 Å². The van der Waals surface area contributed by atoms with Gasteiger partial charge in [-0.25, -0.2) is 9.97 Å². The molecule has 0 bridgehead atoms. The van der Waals surface area contributed by atoms with Gasteiger partial charge in [0.25, 0.3) is 0 Å². The number of anilines is 1. The summed E-state index contributed by atoms with van der Waals surface area (Å²) in [6.07, 6.45) is 1.06. The number of aromatic amines is 1. The van der Waals surface area contributed by atoms with Crippen molar-refractivity contribution in [3.63, 3.8) is 0 Å². The van der Waals surface area contributed by atoms with Crippen molar-refractivity contribution < 1.29 is 9.59 Å². The highest BCUT2D eigenvalue weighted by atomic mass is 32.1. The van der Waals surface area contributed by atoms with Crippen molar-refractivity contribution in [3.8, 4) is 0 Å². The molecule has 7 nitrogen and oxygen atoms in total. The van der Waals surface area contributed by atoms with Crippen LogP contribution in [0, 0.1) is 11.8 Å². The molecule has 2 amide bonds. The molecule has 0 saturated carbocycles. The molecule has 3 N–H and O–H groups in total. The summed E-state index contributed by atoms with van der Waals surface area (Å²) in [6, 6.07) is 7.62. The number of aromatic nitrogens is 3. The summed E-state index contributed by atoms with van der Waals surface area (Å²) >= 11 is 1.32. The van der Waals surface area contributed by atoms with E-state index in [1.54, 1.807) is 5.38 Å². The lowest BCUT2D eigenvalue weighted by Gasteiger charge is -2.22. The number of thiazole rings is 1. The smallest absolute Gasteiger partial charge is 0.228 e. The zero-order valence-corrected chi connectivity index (χ0v) is 18.0. The molecular weight excluding hydrogens is 386 g/mol. The first kappa shape index (κ1) is 21.0. The Morgan fingerprint density at radius 2 is 1.93 bits per heavy atom. The van der Waals surface area contributed by atoms with Crippen LogP contribution in [-0.2, 0) is 16.0 Å². The van der Waals surface area contributed by atoms with Crippen molar-refractivity contribution in [2.75, 3.05) is 5.32 Å². The van der Waals surface area contributed by atoms with Crippen molar-refractivity contribution >= 4 is 39.3 Å². The third kappa shape index (κ3) is 5.20. The summed E-state index contributed by atoms with van der Waals surface area (Å²) in [5.74, 6) is 0.651. The standard InChI is InChI=1S/C21H27N5O2S/c1-5-13(4)18(19-23-15-8-6-7-9-16(15)24-19)25-17(27)10-14-11-29-21(22-14)26-20(28)12(2)3/h6-9,11-13,18H,5,10H2,1-4H3,(H,23,24)(H,25,27)(H,22,26,28). The second-order valence-electron chi connectivity index (χ2n) is 7.53. The van der Waals surface area contributed by atoms with Crippen LogP contribution in [-0.4, -0.2) is 26.8 Å². The zero-order valence-electron chi connectivity index (χ0n) is 17.2. The Morgan fingerprint density at radius 1 is 1.17 bits per heavy atom. The van der Waals surface area contributed by atoms with Crippen molar-refractivity contribution in [3.05, 3.63) is 41.2 Å². The van der Waals surface area contributed by atoms with Crippen LogP contribution < -0.4 is 10.6 Å². The van der Waals surface area contributed by atoms with E-state index in [9.17, 15) is 9.59 Å². The number of carbonyl (C=O) groups excluding carboxylic acids is 2. The predicted molar refractivity (Wildman–Crippen MR) is 116 cm³/mol. The molecular formula is C21H27N5O2S. The summed E-state index contributed by atoms with van der Waals surface area (Å²) in [6.45, 7) is 7.84. The van der Waals surface area contributed by atoms with Gasteiger partial charge >= 0.3 is 0 Å². The highest BCUT2D eigenvalue weighted by molar-refractivity contribution is 7.13. The Kier molecular flexibility index (Phi) is 6.64. The maximum absolute atomic E-state index is 12.7. The van der Waals surface area contributed by atoms with E-state index in [0.717, 1.165) is 23.3 Å². The van der Waals surface area contributed by atoms with E-state index in [4.69, 9.17) is 0 Å². The minimum absolute atomic E-state index is 0.0860. The summed E-state index contributed by atoms with van der Waals surface area (Å²) < 4.78 is 0. The molecule has 0 radical (unpaired) electrons. The van der Waals surface area contributed by atoms with E-state index in [2.05, 4.69) is 39.4 Å². The minimum atomic E-state index is -0.210. The van der Waals surface area contributed by atoms with Crippen LogP contribution in [0.1, 0.15) is 51.7 Å². The molecule has 0 spiro atoms. The van der Waals surface area contributed by atoms with Gasteiger partial charge in [-0.2, -0.15) is 0 Å². The number of H-pyrrole nitrogens is 1. The SMILES string of the molecule is CCC(C)C(NC(=O)Cc1csc(NC(=O)C(C)C)n1)c1nc2ccccc2[nH]1. The first-order valence-corrected chi connectivity index (χ1v) is 10.7. The molecule has 3 rings (SSSR count). The average Bonchev–Trinajstić information content (AvgIpc) is 3.31. The van der Waals surface area contributed by atoms with E-state index >= 15 is 0 Å². The lowest BCUT2D eigenvalue weighted by Crippen LogP contribution is -2.34. The molecule has 8 heteroatoms. The number of fused-ring (bicyclic) bond motifs is 1. The summed E-state index contributed by atoms with van der Waals surface area (Å²) in [4.78, 5) is 36.8. The van der Waals surface area contributed by atoms with Gasteiger partial charge in [-0.1, -0.05) is 46.2 Å². The number of nitrogens with one attached hydrogen (secondary N) is 3. The number of para-hydroxylation sites is 2. The third-order valence-electron chi connectivity index (χ3n) is 4.88. The quantitative estimate of drug-likeness (QED) is 0.518. The number of benzene rings is 1. The molecule has 2 unspecified atom stereocenters. The number of rotatable bonds is 8. The molecule has 0 saturated heterocycles. The molecule has 2 heterocycles. The number of hydrogen-bond acceptors (Lipinski definition) is 5. The van der Waals surface area contributed by atoms with Gasteiger partial charge in [0.1, 0.15) is 5.82 Å². The Labute approximate surface area is 174 Å². The lowest BCUT2D eigenvalue weighted by atomic mass is 9.98. The number of hydrogen-bond donors (Lipinski definition) is 3. The second-order valence-corrected chi connectivity index (χ2v) is 8.39. The normalized spacial score (nSPS) is 13.4. The first-order chi connectivity index (χ1) is 13.9. The molecule has 0 aliphatic heterocycles. The van der Waals surface area contributed by atoms with Gasteiger partial charge < -0.3 is 15.6 Å². The fourth-order valence-electron chi connectivity index (χ4n) is 2.92. The highest BCUT2D eigenvalue weighted by Crippen LogP contribution is 2.25. The van der Waals surface area contributed by atoms with Crippen LogP contribution in [0.3, 0.4) is 0 Å². The Bertz CT molecular complexity index is 961. The van der Waals surface area contributed by atoms with Crippen molar-refractivity contribution in [2.45, 2.75) is 46.6 Å². The number of nitrogens with zero attached hydrogens (tertiary/aromatic N) is 2. The number of carbonyl (C=O) groups is 2. The average molecular weight is 414 g/mol. The van der Waals surface area contributed by atoms with Gasteiger partial charge in [-0.3, -0.25) is 9.59 Å². The van der Waals surface area contributed by atoms with Crippen LogP contribution in [0.5, 0.6) is 0 Å². The van der Waals surface area contributed by atoms with Crippen molar-refractivity contribution in [1.29, 1.82) is 0 Å². The summed E-state index contributed by atoms with van der Waals surface area (Å²) in [5.41, 5.74) is 2.48. The molecule has 29 heavy (non-hydrogen) atoms. The lowest BCUT2D eigenvalue weighted by molar-refractivity contribution is -0.121. The fraction of sp³-hybridized carbons (Fsp3) is 0.429.